The Morgan fingerprint density at radius 2 is 2.07 bits per heavy atom. The van der Waals surface area contributed by atoms with Crippen molar-refractivity contribution < 1.29 is 9.21 Å². The minimum absolute atomic E-state index is 0. The number of nitrogens with two attached hydrogens (primary N) is 1. The molecule has 1 aliphatic rings. The lowest BCUT2D eigenvalue weighted by atomic mass is 10.1. The average molecular weight is 485 g/mol. The zero-order valence-electron chi connectivity index (χ0n) is 15.6. The first-order valence-electron chi connectivity index (χ1n) is 9.09. The molecular formula is C19H28IN5O2. The molecule has 0 saturated carbocycles. The number of primary amides is 1. The summed E-state index contributed by atoms with van der Waals surface area (Å²) >= 11 is 0. The SMILES string of the molecule is CN=C(NCCc1cc2ccccc2o1)NC1CCN(CC(N)=O)CC1.I. The van der Waals surface area contributed by atoms with Crippen LogP contribution in [0.5, 0.6) is 0 Å². The standard InChI is InChI=1S/C19H27N5O2.HI/c1-21-19(23-15-7-10-24(11-8-15)13-18(20)25)22-9-6-16-12-14-4-2-3-5-17(14)26-16;/h2-5,12,15H,6-11,13H2,1H3,(H2,20,25)(H2,21,22,23);1H. The van der Waals surface area contributed by atoms with Crippen molar-refractivity contribution >= 4 is 46.8 Å². The van der Waals surface area contributed by atoms with Gasteiger partial charge >= 0.3 is 0 Å². The zero-order chi connectivity index (χ0) is 18.4. The Labute approximate surface area is 176 Å². The summed E-state index contributed by atoms with van der Waals surface area (Å²) in [5.74, 6) is 1.50. The van der Waals surface area contributed by atoms with E-state index in [-0.39, 0.29) is 29.9 Å². The van der Waals surface area contributed by atoms with Gasteiger partial charge in [-0.2, -0.15) is 0 Å². The fourth-order valence-electron chi connectivity index (χ4n) is 3.31. The monoisotopic (exact) mass is 485 g/mol. The maximum atomic E-state index is 11.0. The van der Waals surface area contributed by atoms with Crippen LogP contribution in [0.3, 0.4) is 0 Å². The van der Waals surface area contributed by atoms with Gasteiger partial charge in [0.05, 0.1) is 6.54 Å². The summed E-state index contributed by atoms with van der Waals surface area (Å²) in [5.41, 5.74) is 6.18. The fourth-order valence-corrected chi connectivity index (χ4v) is 3.31. The van der Waals surface area contributed by atoms with E-state index in [9.17, 15) is 4.79 Å². The number of halogens is 1. The van der Waals surface area contributed by atoms with Crippen LogP contribution < -0.4 is 16.4 Å². The molecule has 1 aliphatic heterocycles. The van der Waals surface area contributed by atoms with E-state index < -0.39 is 0 Å². The Hall–Kier alpha value is -1.81. The van der Waals surface area contributed by atoms with Gasteiger partial charge in [0.25, 0.3) is 0 Å². The lowest BCUT2D eigenvalue weighted by Gasteiger charge is -2.32. The van der Waals surface area contributed by atoms with Crippen molar-refractivity contribution in [1.82, 2.24) is 15.5 Å². The molecule has 1 fully saturated rings. The number of para-hydroxylation sites is 1. The van der Waals surface area contributed by atoms with E-state index in [0.717, 1.165) is 61.6 Å². The number of amides is 1. The number of nitrogens with one attached hydrogen (secondary N) is 2. The Balaban J connectivity index is 0.00000261. The number of rotatable bonds is 6. The summed E-state index contributed by atoms with van der Waals surface area (Å²) in [6, 6.07) is 10.5. The molecule has 1 aromatic heterocycles. The topological polar surface area (TPSA) is 95.9 Å². The molecule has 1 aromatic carbocycles. The summed E-state index contributed by atoms with van der Waals surface area (Å²) < 4.78 is 5.83. The summed E-state index contributed by atoms with van der Waals surface area (Å²) in [6.45, 7) is 2.84. The van der Waals surface area contributed by atoms with Gasteiger partial charge in [-0.25, -0.2) is 0 Å². The van der Waals surface area contributed by atoms with Crippen molar-refractivity contribution in [3.63, 3.8) is 0 Å². The predicted molar refractivity (Wildman–Crippen MR) is 118 cm³/mol. The van der Waals surface area contributed by atoms with Crippen LogP contribution in [0, 0.1) is 0 Å². The van der Waals surface area contributed by atoms with Gasteiger partial charge in [0.1, 0.15) is 11.3 Å². The van der Waals surface area contributed by atoms with Crippen LogP contribution in [0.1, 0.15) is 18.6 Å². The number of guanidine groups is 1. The number of fused-ring (bicyclic) bond motifs is 1. The summed E-state index contributed by atoms with van der Waals surface area (Å²) in [4.78, 5) is 17.4. The number of aliphatic imine (C=N–C) groups is 1. The molecule has 7 nitrogen and oxygen atoms in total. The third-order valence-electron chi connectivity index (χ3n) is 4.67. The highest BCUT2D eigenvalue weighted by molar-refractivity contribution is 14.0. The van der Waals surface area contributed by atoms with Crippen LogP contribution in [0.15, 0.2) is 39.7 Å². The Bertz CT molecular complexity index is 735. The van der Waals surface area contributed by atoms with Gasteiger partial charge in [0, 0.05) is 44.5 Å². The molecule has 0 bridgehead atoms. The van der Waals surface area contributed by atoms with Crippen molar-refractivity contribution in [2.75, 3.05) is 33.2 Å². The number of hydrogen-bond acceptors (Lipinski definition) is 4. The van der Waals surface area contributed by atoms with Gasteiger partial charge in [0.15, 0.2) is 5.96 Å². The van der Waals surface area contributed by atoms with Crippen molar-refractivity contribution in [1.29, 1.82) is 0 Å². The molecule has 0 aliphatic carbocycles. The molecular weight excluding hydrogens is 457 g/mol. The highest BCUT2D eigenvalue weighted by atomic mass is 127. The quantitative estimate of drug-likeness (QED) is 0.329. The van der Waals surface area contributed by atoms with Gasteiger partial charge in [-0.15, -0.1) is 24.0 Å². The molecule has 1 amide bonds. The van der Waals surface area contributed by atoms with Crippen molar-refractivity contribution in [3.8, 4) is 0 Å². The highest BCUT2D eigenvalue weighted by Gasteiger charge is 2.20. The molecule has 4 N–H and O–H groups in total. The lowest BCUT2D eigenvalue weighted by molar-refractivity contribution is -0.119. The van der Waals surface area contributed by atoms with E-state index >= 15 is 0 Å². The molecule has 8 heteroatoms. The number of piperidine rings is 1. The maximum absolute atomic E-state index is 11.0. The number of benzene rings is 1. The number of carbonyl (C=O) groups excluding carboxylic acids is 1. The van der Waals surface area contributed by atoms with Crippen molar-refractivity contribution in [2.24, 2.45) is 10.7 Å². The second-order valence-electron chi connectivity index (χ2n) is 6.66. The Morgan fingerprint density at radius 1 is 1.33 bits per heavy atom. The van der Waals surface area contributed by atoms with Gasteiger partial charge < -0.3 is 20.8 Å². The number of likely N-dealkylation sites (tertiary alicyclic amines) is 1. The van der Waals surface area contributed by atoms with Gasteiger partial charge in [-0.05, 0) is 25.0 Å². The van der Waals surface area contributed by atoms with E-state index in [4.69, 9.17) is 10.2 Å². The molecule has 2 heterocycles. The molecule has 1 saturated heterocycles. The van der Waals surface area contributed by atoms with Crippen LogP contribution in [0.25, 0.3) is 11.0 Å². The van der Waals surface area contributed by atoms with Gasteiger partial charge in [-0.1, -0.05) is 18.2 Å². The third kappa shape index (κ3) is 6.39. The zero-order valence-corrected chi connectivity index (χ0v) is 17.9. The fraction of sp³-hybridized carbons (Fsp3) is 0.474. The van der Waals surface area contributed by atoms with Crippen LogP contribution in [0.2, 0.25) is 0 Å². The molecule has 2 aromatic rings. The highest BCUT2D eigenvalue weighted by Crippen LogP contribution is 2.18. The Kier molecular flexibility index (Phi) is 8.36. The number of nitrogens with zero attached hydrogens (tertiary/aromatic N) is 2. The molecule has 27 heavy (non-hydrogen) atoms. The summed E-state index contributed by atoms with van der Waals surface area (Å²) in [6.07, 6.45) is 2.74. The largest absolute Gasteiger partial charge is 0.461 e. The van der Waals surface area contributed by atoms with Crippen LogP contribution in [0.4, 0.5) is 0 Å². The van der Waals surface area contributed by atoms with Crippen molar-refractivity contribution in [3.05, 3.63) is 36.1 Å². The van der Waals surface area contributed by atoms with Crippen LogP contribution in [-0.4, -0.2) is 56.0 Å². The van der Waals surface area contributed by atoms with E-state index in [1.165, 1.54) is 0 Å². The van der Waals surface area contributed by atoms with E-state index in [0.29, 0.717) is 12.6 Å². The number of hydrogen-bond donors (Lipinski definition) is 3. The average Bonchev–Trinajstić information content (AvgIpc) is 3.04. The van der Waals surface area contributed by atoms with E-state index in [1.54, 1.807) is 7.05 Å². The lowest BCUT2D eigenvalue weighted by Crippen LogP contribution is -2.50. The van der Waals surface area contributed by atoms with Crippen LogP contribution >= 0.6 is 24.0 Å². The minimum Gasteiger partial charge on any atom is -0.461 e. The first kappa shape index (κ1) is 21.5. The first-order valence-corrected chi connectivity index (χ1v) is 9.09. The Morgan fingerprint density at radius 3 is 2.74 bits per heavy atom. The number of carbonyl (C=O) groups is 1. The third-order valence-corrected chi connectivity index (χ3v) is 4.67. The second kappa shape index (κ2) is 10.5. The molecule has 0 spiro atoms. The van der Waals surface area contributed by atoms with Crippen molar-refractivity contribution in [2.45, 2.75) is 25.3 Å². The summed E-state index contributed by atoms with van der Waals surface area (Å²) in [5, 5.41) is 7.93. The first-order chi connectivity index (χ1) is 12.6. The molecule has 0 radical (unpaired) electrons. The molecule has 0 unspecified atom stereocenters. The molecule has 148 valence electrons. The normalized spacial score (nSPS) is 16.1. The number of furan rings is 1. The molecule has 3 rings (SSSR count). The van der Waals surface area contributed by atoms with E-state index in [2.05, 4.69) is 32.7 Å². The van der Waals surface area contributed by atoms with Crippen LogP contribution in [-0.2, 0) is 11.2 Å². The summed E-state index contributed by atoms with van der Waals surface area (Å²) in [7, 11) is 1.78. The molecule has 0 atom stereocenters. The van der Waals surface area contributed by atoms with Gasteiger partial charge in [-0.3, -0.25) is 14.7 Å². The minimum atomic E-state index is -0.264. The smallest absolute Gasteiger partial charge is 0.231 e. The second-order valence-corrected chi connectivity index (χ2v) is 6.66. The van der Waals surface area contributed by atoms with Gasteiger partial charge in [0.2, 0.25) is 5.91 Å². The maximum Gasteiger partial charge on any atom is 0.231 e. The predicted octanol–water partition coefficient (Wildman–Crippen LogP) is 1.71. The van der Waals surface area contributed by atoms with E-state index in [1.807, 2.05) is 18.2 Å².